The molecule has 1 amide bonds. The van der Waals surface area contributed by atoms with Crippen molar-refractivity contribution in [2.45, 2.75) is 31.7 Å². The molecule has 17 heavy (non-hydrogen) atoms. The summed E-state index contributed by atoms with van der Waals surface area (Å²) in [4.78, 5) is 16.1. The summed E-state index contributed by atoms with van der Waals surface area (Å²) in [6.45, 7) is 0. The molecule has 2 atom stereocenters. The van der Waals surface area contributed by atoms with Gasteiger partial charge < -0.3 is 11.1 Å². The van der Waals surface area contributed by atoms with Gasteiger partial charge in [0.15, 0.2) is 0 Å². The van der Waals surface area contributed by atoms with Gasteiger partial charge in [0.25, 0.3) is 0 Å². The van der Waals surface area contributed by atoms with E-state index in [1.54, 1.807) is 12.3 Å². The van der Waals surface area contributed by atoms with Gasteiger partial charge in [-0.3, -0.25) is 4.79 Å². The number of rotatable bonds is 2. The monoisotopic (exact) mass is 297 g/mol. The molecule has 4 nitrogen and oxygen atoms in total. The number of nitrogens with one attached hydrogen (secondary N) is 1. The summed E-state index contributed by atoms with van der Waals surface area (Å²) in [5.41, 5.74) is 5.87. The Morgan fingerprint density at radius 1 is 1.47 bits per heavy atom. The van der Waals surface area contributed by atoms with E-state index in [1.165, 1.54) is 0 Å². The Kier molecular flexibility index (Phi) is 4.12. The van der Waals surface area contributed by atoms with Crippen molar-refractivity contribution >= 4 is 27.7 Å². The fourth-order valence-electron chi connectivity index (χ4n) is 2.14. The van der Waals surface area contributed by atoms with Crippen molar-refractivity contribution < 1.29 is 4.79 Å². The molecule has 3 N–H and O–H groups in total. The number of nitrogens with two attached hydrogens (primary N) is 1. The van der Waals surface area contributed by atoms with E-state index in [1.807, 2.05) is 6.07 Å². The summed E-state index contributed by atoms with van der Waals surface area (Å²) in [6, 6.07) is 3.80. The Bertz CT molecular complexity index is 393. The summed E-state index contributed by atoms with van der Waals surface area (Å²) in [7, 11) is 0. The summed E-state index contributed by atoms with van der Waals surface area (Å²) in [6.07, 6.45) is 5.44. The zero-order valence-electron chi connectivity index (χ0n) is 9.53. The van der Waals surface area contributed by atoms with Gasteiger partial charge in [-0.2, -0.15) is 0 Å². The summed E-state index contributed by atoms with van der Waals surface area (Å²) in [5.74, 6) is 0.663. The van der Waals surface area contributed by atoms with Crippen molar-refractivity contribution in [3.8, 4) is 0 Å². The lowest BCUT2D eigenvalue weighted by atomic mass is 9.85. The van der Waals surface area contributed by atoms with Gasteiger partial charge in [0.2, 0.25) is 5.91 Å². The summed E-state index contributed by atoms with van der Waals surface area (Å²) >= 11 is 3.30. The van der Waals surface area contributed by atoms with Crippen LogP contribution in [0.1, 0.15) is 25.7 Å². The first kappa shape index (κ1) is 12.5. The predicted molar refractivity (Wildman–Crippen MR) is 70.5 cm³/mol. The molecule has 0 spiro atoms. The number of aromatic nitrogens is 1. The van der Waals surface area contributed by atoms with E-state index in [0.29, 0.717) is 5.82 Å². The molecule has 1 aromatic rings. The lowest BCUT2D eigenvalue weighted by Gasteiger charge is -2.25. The van der Waals surface area contributed by atoms with Crippen LogP contribution in [-0.2, 0) is 4.79 Å². The highest BCUT2D eigenvalue weighted by Crippen LogP contribution is 2.24. The fourth-order valence-corrected chi connectivity index (χ4v) is 2.38. The Hall–Kier alpha value is -0.940. The van der Waals surface area contributed by atoms with Crippen molar-refractivity contribution in [2.75, 3.05) is 5.32 Å². The Labute approximate surface area is 109 Å². The van der Waals surface area contributed by atoms with Gasteiger partial charge in [0.05, 0.1) is 0 Å². The molecule has 2 rings (SSSR count). The zero-order valence-corrected chi connectivity index (χ0v) is 11.1. The maximum Gasteiger partial charge on any atom is 0.228 e. The molecular formula is C12H16BrN3O. The average Bonchev–Trinajstić information content (AvgIpc) is 2.32. The normalized spacial score (nSPS) is 24.4. The van der Waals surface area contributed by atoms with Crippen LogP contribution in [0.15, 0.2) is 22.8 Å². The highest BCUT2D eigenvalue weighted by Gasteiger charge is 2.25. The first-order valence-electron chi connectivity index (χ1n) is 5.83. The number of hydrogen-bond donors (Lipinski definition) is 2. The molecule has 1 heterocycles. The smallest absolute Gasteiger partial charge is 0.228 e. The largest absolute Gasteiger partial charge is 0.328 e. The number of anilines is 1. The first-order chi connectivity index (χ1) is 8.15. The molecule has 92 valence electrons. The van der Waals surface area contributed by atoms with Crippen molar-refractivity contribution in [3.05, 3.63) is 22.8 Å². The minimum Gasteiger partial charge on any atom is -0.328 e. The van der Waals surface area contributed by atoms with E-state index in [9.17, 15) is 4.79 Å². The number of hydrogen-bond acceptors (Lipinski definition) is 3. The van der Waals surface area contributed by atoms with Gasteiger partial charge in [0.1, 0.15) is 5.82 Å². The molecule has 0 saturated heterocycles. The molecule has 0 bridgehead atoms. The van der Waals surface area contributed by atoms with Crippen LogP contribution in [0.25, 0.3) is 0 Å². The number of nitrogens with zero attached hydrogens (tertiary/aromatic N) is 1. The topological polar surface area (TPSA) is 68.0 Å². The SMILES string of the molecule is NC1CCCC(C(=O)Nc2ccc(Br)cn2)C1. The third-order valence-electron chi connectivity index (χ3n) is 3.06. The second kappa shape index (κ2) is 5.60. The number of carbonyl (C=O) groups is 1. The summed E-state index contributed by atoms with van der Waals surface area (Å²) in [5, 5.41) is 2.83. The van der Waals surface area contributed by atoms with Gasteiger partial charge in [-0.25, -0.2) is 4.98 Å². The van der Waals surface area contributed by atoms with E-state index in [2.05, 4.69) is 26.2 Å². The molecule has 1 aliphatic carbocycles. The standard InChI is InChI=1S/C12H16BrN3O/c13-9-4-5-11(15-7-9)16-12(17)8-2-1-3-10(14)6-8/h4-5,7-8,10H,1-3,6,14H2,(H,15,16,17). The van der Waals surface area contributed by atoms with Gasteiger partial charge in [-0.05, 0) is 47.3 Å². The molecule has 5 heteroatoms. The van der Waals surface area contributed by atoms with Crippen LogP contribution in [0, 0.1) is 5.92 Å². The van der Waals surface area contributed by atoms with E-state index >= 15 is 0 Å². The Balaban J connectivity index is 1.94. The number of pyridine rings is 1. The van der Waals surface area contributed by atoms with Crippen molar-refractivity contribution in [1.29, 1.82) is 0 Å². The van der Waals surface area contributed by atoms with Gasteiger partial charge in [-0.1, -0.05) is 6.42 Å². The Morgan fingerprint density at radius 2 is 2.29 bits per heavy atom. The van der Waals surface area contributed by atoms with E-state index in [4.69, 9.17) is 5.73 Å². The van der Waals surface area contributed by atoms with Crippen LogP contribution in [0.3, 0.4) is 0 Å². The molecule has 1 aliphatic rings. The minimum atomic E-state index is 0.0317. The molecule has 0 aliphatic heterocycles. The van der Waals surface area contributed by atoms with Gasteiger partial charge in [0, 0.05) is 22.6 Å². The van der Waals surface area contributed by atoms with E-state index < -0.39 is 0 Å². The molecule has 1 fully saturated rings. The van der Waals surface area contributed by atoms with Crippen LogP contribution in [0.4, 0.5) is 5.82 Å². The van der Waals surface area contributed by atoms with Crippen LogP contribution in [0.2, 0.25) is 0 Å². The highest BCUT2D eigenvalue weighted by molar-refractivity contribution is 9.10. The maximum atomic E-state index is 12.0. The lowest BCUT2D eigenvalue weighted by molar-refractivity contribution is -0.120. The van der Waals surface area contributed by atoms with E-state index in [-0.39, 0.29) is 17.9 Å². The molecule has 2 unspecified atom stereocenters. The summed E-state index contributed by atoms with van der Waals surface area (Å²) < 4.78 is 0.898. The number of amides is 1. The molecule has 0 aromatic carbocycles. The average molecular weight is 298 g/mol. The lowest BCUT2D eigenvalue weighted by Crippen LogP contribution is -2.34. The van der Waals surface area contributed by atoms with Crippen LogP contribution >= 0.6 is 15.9 Å². The highest BCUT2D eigenvalue weighted by atomic mass is 79.9. The van der Waals surface area contributed by atoms with Crippen LogP contribution < -0.4 is 11.1 Å². The quantitative estimate of drug-likeness (QED) is 0.880. The van der Waals surface area contributed by atoms with Gasteiger partial charge in [-0.15, -0.1) is 0 Å². The first-order valence-corrected chi connectivity index (χ1v) is 6.62. The molecule has 1 aromatic heterocycles. The van der Waals surface area contributed by atoms with Crippen LogP contribution in [0.5, 0.6) is 0 Å². The number of halogens is 1. The maximum absolute atomic E-state index is 12.0. The van der Waals surface area contributed by atoms with Crippen molar-refractivity contribution in [2.24, 2.45) is 11.7 Å². The van der Waals surface area contributed by atoms with Gasteiger partial charge >= 0.3 is 0 Å². The Morgan fingerprint density at radius 3 is 2.94 bits per heavy atom. The molecule has 1 saturated carbocycles. The second-order valence-corrected chi connectivity index (χ2v) is 5.39. The van der Waals surface area contributed by atoms with Crippen LogP contribution in [-0.4, -0.2) is 16.9 Å². The molecular weight excluding hydrogens is 282 g/mol. The zero-order chi connectivity index (χ0) is 12.3. The number of carbonyl (C=O) groups excluding carboxylic acids is 1. The van der Waals surface area contributed by atoms with Crippen molar-refractivity contribution in [1.82, 2.24) is 4.98 Å². The second-order valence-electron chi connectivity index (χ2n) is 4.47. The van der Waals surface area contributed by atoms with Crippen molar-refractivity contribution in [3.63, 3.8) is 0 Å². The third kappa shape index (κ3) is 3.51. The predicted octanol–water partition coefficient (Wildman–Crippen LogP) is 2.30. The third-order valence-corrected chi connectivity index (χ3v) is 3.53. The fraction of sp³-hybridized carbons (Fsp3) is 0.500. The van der Waals surface area contributed by atoms with E-state index in [0.717, 1.165) is 30.2 Å². The molecule has 0 radical (unpaired) electrons. The minimum absolute atomic E-state index is 0.0317.